The number of amides is 2. The summed E-state index contributed by atoms with van der Waals surface area (Å²) in [5, 5.41) is 4.43. The quantitative estimate of drug-likeness (QED) is 0.812. The summed E-state index contributed by atoms with van der Waals surface area (Å²) in [6, 6.07) is 3.96. The Morgan fingerprint density at radius 2 is 2.14 bits per heavy atom. The van der Waals surface area contributed by atoms with Crippen molar-refractivity contribution < 1.29 is 14.0 Å². The van der Waals surface area contributed by atoms with Crippen molar-refractivity contribution >= 4 is 28.7 Å². The average molecular weight is 416 g/mol. The van der Waals surface area contributed by atoms with E-state index >= 15 is 0 Å². The highest BCUT2D eigenvalue weighted by atomic mass is 32.2. The van der Waals surface area contributed by atoms with E-state index in [-0.39, 0.29) is 11.8 Å². The number of carbonyl (C=O) groups excluding carboxylic acids is 2. The third-order valence-corrected chi connectivity index (χ3v) is 8.53. The Balaban J connectivity index is 1.13. The van der Waals surface area contributed by atoms with Gasteiger partial charge in [-0.05, 0) is 75.3 Å². The lowest BCUT2D eigenvalue weighted by Crippen LogP contribution is -2.41. The molecule has 2 aliphatic heterocycles. The van der Waals surface area contributed by atoms with Gasteiger partial charge in [0.25, 0.3) is 11.8 Å². The molecule has 29 heavy (non-hydrogen) atoms. The van der Waals surface area contributed by atoms with E-state index in [0.29, 0.717) is 17.7 Å². The largest absolute Gasteiger partial charge is 0.459 e. The SMILES string of the molecule is CC1(CC2CCN(C(=O)c3ccco3)CC2)SC(N[C@H]2C[C@@H]3CC[C@H]2C3)=NC1=O. The predicted octanol–water partition coefficient (Wildman–Crippen LogP) is 3.69. The molecule has 5 rings (SSSR count). The van der Waals surface area contributed by atoms with Gasteiger partial charge in [0.15, 0.2) is 10.9 Å². The van der Waals surface area contributed by atoms with Crippen LogP contribution in [-0.4, -0.2) is 45.8 Å². The van der Waals surface area contributed by atoms with Crippen molar-refractivity contribution in [2.45, 2.75) is 62.7 Å². The van der Waals surface area contributed by atoms with Crippen LogP contribution in [0.5, 0.6) is 0 Å². The van der Waals surface area contributed by atoms with Crippen LogP contribution < -0.4 is 5.32 Å². The van der Waals surface area contributed by atoms with Gasteiger partial charge in [0.1, 0.15) is 4.75 Å². The summed E-state index contributed by atoms with van der Waals surface area (Å²) in [4.78, 5) is 31.4. The van der Waals surface area contributed by atoms with E-state index in [4.69, 9.17) is 4.42 Å². The van der Waals surface area contributed by atoms with E-state index in [9.17, 15) is 9.59 Å². The molecule has 7 heteroatoms. The van der Waals surface area contributed by atoms with Crippen molar-refractivity contribution in [2.75, 3.05) is 13.1 Å². The number of amidine groups is 1. The fraction of sp³-hybridized carbons (Fsp3) is 0.682. The van der Waals surface area contributed by atoms with Crippen LogP contribution in [0.3, 0.4) is 0 Å². The van der Waals surface area contributed by atoms with Gasteiger partial charge in [-0.2, -0.15) is 4.99 Å². The maximum Gasteiger partial charge on any atom is 0.289 e. The normalized spacial score (nSPS) is 34.7. The van der Waals surface area contributed by atoms with Gasteiger partial charge in [0.2, 0.25) is 0 Å². The van der Waals surface area contributed by atoms with Crippen LogP contribution in [0, 0.1) is 17.8 Å². The molecule has 156 valence electrons. The number of nitrogens with zero attached hydrogens (tertiary/aromatic N) is 2. The van der Waals surface area contributed by atoms with Gasteiger partial charge in [-0.25, -0.2) is 0 Å². The van der Waals surface area contributed by atoms with Crippen LogP contribution >= 0.6 is 11.8 Å². The van der Waals surface area contributed by atoms with Crippen LogP contribution in [0.1, 0.15) is 62.4 Å². The Labute approximate surface area is 175 Å². The van der Waals surface area contributed by atoms with E-state index in [1.54, 1.807) is 23.9 Å². The number of piperidine rings is 1. The van der Waals surface area contributed by atoms with Crippen molar-refractivity contribution in [1.29, 1.82) is 0 Å². The van der Waals surface area contributed by atoms with E-state index in [1.165, 1.54) is 31.9 Å². The molecule has 4 aliphatic rings. The number of carbonyl (C=O) groups is 2. The number of hydrogen-bond donors (Lipinski definition) is 1. The third-order valence-electron chi connectivity index (χ3n) is 7.34. The smallest absolute Gasteiger partial charge is 0.289 e. The number of nitrogens with one attached hydrogen (secondary N) is 1. The molecular weight excluding hydrogens is 386 g/mol. The summed E-state index contributed by atoms with van der Waals surface area (Å²) in [6.45, 7) is 3.48. The van der Waals surface area contributed by atoms with E-state index in [2.05, 4.69) is 10.3 Å². The highest BCUT2D eigenvalue weighted by Gasteiger charge is 2.46. The second kappa shape index (κ2) is 7.49. The molecule has 0 spiro atoms. The summed E-state index contributed by atoms with van der Waals surface area (Å²) in [5.74, 6) is 2.45. The lowest BCUT2D eigenvalue weighted by molar-refractivity contribution is -0.119. The first-order chi connectivity index (χ1) is 14.0. The lowest BCUT2D eigenvalue weighted by atomic mass is 9.87. The number of furan rings is 1. The first-order valence-corrected chi connectivity index (χ1v) is 11.7. The van der Waals surface area contributed by atoms with Crippen molar-refractivity contribution in [3.63, 3.8) is 0 Å². The Kier molecular flexibility index (Phi) is 4.96. The van der Waals surface area contributed by atoms with E-state index < -0.39 is 4.75 Å². The fourth-order valence-electron chi connectivity index (χ4n) is 5.71. The number of rotatable bonds is 4. The Bertz CT molecular complexity index is 815. The molecule has 2 saturated carbocycles. The zero-order chi connectivity index (χ0) is 20.0. The molecule has 1 unspecified atom stereocenters. The predicted molar refractivity (Wildman–Crippen MR) is 113 cm³/mol. The van der Waals surface area contributed by atoms with Gasteiger partial charge < -0.3 is 14.6 Å². The van der Waals surface area contributed by atoms with Crippen LogP contribution in [-0.2, 0) is 4.79 Å². The van der Waals surface area contributed by atoms with Gasteiger partial charge >= 0.3 is 0 Å². The van der Waals surface area contributed by atoms with Crippen molar-refractivity contribution in [2.24, 2.45) is 22.7 Å². The lowest BCUT2D eigenvalue weighted by Gasteiger charge is -2.34. The van der Waals surface area contributed by atoms with Gasteiger partial charge in [-0.3, -0.25) is 9.59 Å². The molecule has 4 atom stereocenters. The number of aliphatic imine (C=N–C) groups is 1. The maximum atomic E-state index is 12.7. The zero-order valence-corrected chi connectivity index (χ0v) is 17.7. The van der Waals surface area contributed by atoms with Crippen LogP contribution in [0.4, 0.5) is 0 Å². The molecule has 2 amide bonds. The maximum absolute atomic E-state index is 12.7. The van der Waals surface area contributed by atoms with Crippen LogP contribution in [0.25, 0.3) is 0 Å². The molecule has 1 aromatic heterocycles. The minimum absolute atomic E-state index is 0.00208. The molecule has 2 aliphatic carbocycles. The second-order valence-electron chi connectivity index (χ2n) is 9.40. The highest BCUT2D eigenvalue weighted by Crippen LogP contribution is 2.46. The summed E-state index contributed by atoms with van der Waals surface area (Å²) in [7, 11) is 0. The number of thioether (sulfide) groups is 1. The Hall–Kier alpha value is -1.76. The third kappa shape index (κ3) is 3.74. The van der Waals surface area contributed by atoms with Gasteiger partial charge in [-0.15, -0.1) is 0 Å². The standard InChI is InChI=1S/C22H29N3O3S/c1-22(13-14-6-8-25(9-7-14)19(26)18-3-2-10-28-18)20(27)24-21(29-22)23-17-12-15-4-5-16(17)11-15/h2-3,10,14-17H,4-9,11-13H2,1H3,(H,23,24,27)/t15-,16+,17+,22?/m1/s1. The van der Waals surface area contributed by atoms with Crippen molar-refractivity contribution in [1.82, 2.24) is 10.2 Å². The molecule has 6 nitrogen and oxygen atoms in total. The summed E-state index contributed by atoms with van der Waals surface area (Å²) >= 11 is 1.63. The van der Waals surface area contributed by atoms with Crippen LogP contribution in [0.15, 0.2) is 27.8 Å². The van der Waals surface area contributed by atoms with Gasteiger partial charge in [-0.1, -0.05) is 18.2 Å². The number of fused-ring (bicyclic) bond motifs is 2. The Morgan fingerprint density at radius 3 is 2.79 bits per heavy atom. The molecule has 0 radical (unpaired) electrons. The topological polar surface area (TPSA) is 74.9 Å². The highest BCUT2D eigenvalue weighted by molar-refractivity contribution is 8.16. The molecule has 1 saturated heterocycles. The minimum atomic E-state index is -0.474. The summed E-state index contributed by atoms with van der Waals surface area (Å²) < 4.78 is 4.76. The molecular formula is C22H29N3O3S. The molecule has 1 aromatic rings. The molecule has 2 bridgehead atoms. The first kappa shape index (κ1) is 19.2. The Morgan fingerprint density at radius 1 is 1.31 bits per heavy atom. The fourth-order valence-corrected chi connectivity index (χ4v) is 6.93. The monoisotopic (exact) mass is 415 g/mol. The van der Waals surface area contributed by atoms with Gasteiger partial charge in [0.05, 0.1) is 6.26 Å². The van der Waals surface area contributed by atoms with E-state index in [0.717, 1.165) is 49.4 Å². The summed E-state index contributed by atoms with van der Waals surface area (Å²) in [6.07, 6.45) is 9.47. The van der Waals surface area contributed by atoms with Crippen LogP contribution in [0.2, 0.25) is 0 Å². The van der Waals surface area contributed by atoms with Crippen molar-refractivity contribution in [3.05, 3.63) is 24.2 Å². The second-order valence-corrected chi connectivity index (χ2v) is 10.9. The van der Waals surface area contributed by atoms with Gasteiger partial charge in [0, 0.05) is 19.1 Å². The number of likely N-dealkylation sites (tertiary alicyclic amines) is 1. The average Bonchev–Trinajstić information content (AvgIpc) is 3.48. The molecule has 3 heterocycles. The molecule has 1 N–H and O–H groups in total. The number of hydrogen-bond acceptors (Lipinski definition) is 5. The zero-order valence-electron chi connectivity index (χ0n) is 16.9. The summed E-state index contributed by atoms with van der Waals surface area (Å²) in [5.41, 5.74) is 0. The molecule has 0 aromatic carbocycles. The van der Waals surface area contributed by atoms with Crippen molar-refractivity contribution in [3.8, 4) is 0 Å². The molecule has 3 fully saturated rings. The van der Waals surface area contributed by atoms with E-state index in [1.807, 2.05) is 11.8 Å². The minimum Gasteiger partial charge on any atom is -0.459 e. The first-order valence-electron chi connectivity index (χ1n) is 10.9.